The summed E-state index contributed by atoms with van der Waals surface area (Å²) in [6.07, 6.45) is 0. The third-order valence-electron chi connectivity index (χ3n) is 11.9. The molecule has 63 heavy (non-hydrogen) atoms. The Morgan fingerprint density at radius 2 is 0.683 bits per heavy atom. The highest BCUT2D eigenvalue weighted by molar-refractivity contribution is 7.23. The third kappa shape index (κ3) is 7.35. The summed E-state index contributed by atoms with van der Waals surface area (Å²) in [5.74, 6) is 0. The molecule has 0 aliphatic heterocycles. The molecule has 0 amide bonds. The van der Waals surface area contributed by atoms with Gasteiger partial charge in [0, 0.05) is 59.9 Å². The van der Waals surface area contributed by atoms with Gasteiger partial charge in [0.25, 0.3) is 0 Å². The predicted octanol–water partition coefficient (Wildman–Crippen LogP) is 17.7. The second-order valence-corrected chi connectivity index (χ2v) is 16.8. The van der Waals surface area contributed by atoms with Gasteiger partial charge in [-0.05, 0) is 99.9 Å². The average molecular weight is 823 g/mol. The maximum absolute atomic E-state index is 2.41. The lowest BCUT2D eigenvalue weighted by molar-refractivity contribution is 1.29. The van der Waals surface area contributed by atoms with E-state index in [9.17, 15) is 0 Å². The van der Waals surface area contributed by atoms with E-state index in [4.69, 9.17) is 0 Å². The van der Waals surface area contributed by atoms with Crippen LogP contribution in [0.4, 0.5) is 34.1 Å². The first-order valence-electron chi connectivity index (χ1n) is 21.4. The van der Waals surface area contributed by atoms with Crippen LogP contribution >= 0.6 is 11.3 Å². The van der Waals surface area contributed by atoms with Gasteiger partial charge in [0.2, 0.25) is 0 Å². The van der Waals surface area contributed by atoms with Gasteiger partial charge in [-0.25, -0.2) is 0 Å². The Morgan fingerprint density at radius 1 is 0.270 bits per heavy atom. The molecule has 0 saturated heterocycles. The highest BCUT2D eigenvalue weighted by Gasteiger charge is 2.23. The molecule has 0 bridgehead atoms. The van der Waals surface area contributed by atoms with Gasteiger partial charge in [0.1, 0.15) is 0 Å². The Balaban J connectivity index is 1.08. The minimum absolute atomic E-state index is 1.10. The van der Waals surface area contributed by atoms with Crippen molar-refractivity contribution in [2.45, 2.75) is 0 Å². The largest absolute Gasteiger partial charge is 0.310 e. The van der Waals surface area contributed by atoms with Crippen molar-refractivity contribution in [2.75, 3.05) is 9.80 Å². The number of thiophene rings is 1. The average Bonchev–Trinajstić information content (AvgIpc) is 3.75. The molecule has 0 aliphatic rings. The van der Waals surface area contributed by atoms with Crippen molar-refractivity contribution >= 4 is 66.3 Å². The summed E-state index contributed by atoms with van der Waals surface area (Å²) in [5.41, 5.74) is 15.2. The normalized spacial score (nSPS) is 11.2. The van der Waals surface area contributed by atoms with Crippen LogP contribution in [0.15, 0.2) is 255 Å². The lowest BCUT2D eigenvalue weighted by Crippen LogP contribution is -2.10. The van der Waals surface area contributed by atoms with Crippen molar-refractivity contribution in [3.05, 3.63) is 255 Å². The molecule has 0 unspecified atom stereocenters. The fourth-order valence-corrected chi connectivity index (χ4v) is 10.2. The van der Waals surface area contributed by atoms with Gasteiger partial charge in [-0.2, -0.15) is 0 Å². The first-order valence-corrected chi connectivity index (χ1v) is 22.2. The number of benzene rings is 10. The van der Waals surface area contributed by atoms with Gasteiger partial charge in [-0.15, -0.1) is 11.3 Å². The molecule has 2 nitrogen and oxygen atoms in total. The van der Waals surface area contributed by atoms with Gasteiger partial charge in [0.15, 0.2) is 0 Å². The van der Waals surface area contributed by atoms with E-state index in [1.165, 1.54) is 64.7 Å². The molecule has 3 heteroatoms. The molecule has 298 valence electrons. The smallest absolute Gasteiger partial charge is 0.0540 e. The molecule has 0 atom stereocenters. The summed E-state index contributed by atoms with van der Waals surface area (Å²) in [6, 6.07) is 91.9. The third-order valence-corrected chi connectivity index (χ3v) is 13.1. The lowest BCUT2D eigenvalue weighted by Gasteiger charge is -2.28. The van der Waals surface area contributed by atoms with Crippen LogP contribution in [0.2, 0.25) is 0 Å². The number of hydrogen-bond donors (Lipinski definition) is 0. The van der Waals surface area contributed by atoms with Crippen molar-refractivity contribution in [1.29, 1.82) is 0 Å². The number of hydrogen-bond acceptors (Lipinski definition) is 3. The number of fused-ring (bicyclic) bond motifs is 2. The molecule has 0 aliphatic carbocycles. The lowest BCUT2D eigenvalue weighted by atomic mass is 9.94. The van der Waals surface area contributed by atoms with Crippen LogP contribution in [0.3, 0.4) is 0 Å². The molecule has 1 aromatic heterocycles. The Labute approximate surface area is 372 Å². The van der Waals surface area contributed by atoms with Gasteiger partial charge < -0.3 is 9.80 Å². The van der Waals surface area contributed by atoms with E-state index in [2.05, 4.69) is 265 Å². The quantitative estimate of drug-likeness (QED) is 0.136. The predicted molar refractivity (Wildman–Crippen MR) is 270 cm³/mol. The van der Waals surface area contributed by atoms with Crippen LogP contribution in [0.25, 0.3) is 64.7 Å². The molecule has 0 saturated carbocycles. The number of para-hydroxylation sites is 2. The Hall–Kier alpha value is -7.98. The van der Waals surface area contributed by atoms with E-state index in [0.29, 0.717) is 0 Å². The summed E-state index contributed by atoms with van der Waals surface area (Å²) < 4.78 is 1.24. The van der Waals surface area contributed by atoms with Gasteiger partial charge in [-0.1, -0.05) is 188 Å². The highest BCUT2D eigenvalue weighted by atomic mass is 32.1. The van der Waals surface area contributed by atoms with Crippen molar-refractivity contribution in [3.8, 4) is 43.8 Å². The number of nitrogens with zero attached hydrogens (tertiary/aromatic N) is 2. The van der Waals surface area contributed by atoms with E-state index < -0.39 is 0 Å². The zero-order chi connectivity index (χ0) is 42.0. The van der Waals surface area contributed by atoms with E-state index in [1.807, 2.05) is 11.3 Å². The van der Waals surface area contributed by atoms with Gasteiger partial charge in [0.05, 0.1) is 5.69 Å². The summed E-state index contributed by atoms with van der Waals surface area (Å²) in [5, 5.41) is 3.64. The van der Waals surface area contributed by atoms with Crippen molar-refractivity contribution in [3.63, 3.8) is 0 Å². The minimum Gasteiger partial charge on any atom is -0.310 e. The molecule has 11 aromatic rings. The van der Waals surface area contributed by atoms with Gasteiger partial charge in [-0.3, -0.25) is 0 Å². The zero-order valence-electron chi connectivity index (χ0n) is 34.6. The second kappa shape index (κ2) is 16.8. The van der Waals surface area contributed by atoms with Crippen LogP contribution in [0.1, 0.15) is 0 Å². The maximum Gasteiger partial charge on any atom is 0.0540 e. The van der Waals surface area contributed by atoms with E-state index in [-0.39, 0.29) is 0 Å². The van der Waals surface area contributed by atoms with Crippen LogP contribution in [0, 0.1) is 0 Å². The molecule has 0 spiro atoms. The molecular weight excluding hydrogens is 781 g/mol. The standard InChI is InChI=1S/C60H42N2S/c1-6-18-43(19-7-1)45-30-34-50(35-31-45)62(51-36-32-46(33-37-51)44-20-8-2-9-21-44)57-41-40-55(53-28-16-17-29-54(53)57)60-59(47-22-10-3-11-23-47)56-39-38-52(42-58(56)63-60)61(48-24-12-4-13-25-48)49-26-14-5-15-27-49/h1-42H. The molecular formula is C60H42N2S. The van der Waals surface area contributed by atoms with Crippen molar-refractivity contribution in [1.82, 2.24) is 0 Å². The van der Waals surface area contributed by atoms with Crippen LogP contribution in [-0.2, 0) is 0 Å². The molecule has 0 N–H and O–H groups in total. The molecule has 0 fully saturated rings. The minimum atomic E-state index is 1.10. The summed E-state index contributed by atoms with van der Waals surface area (Å²) >= 11 is 1.87. The molecule has 1 heterocycles. The highest BCUT2D eigenvalue weighted by Crippen LogP contribution is 2.50. The Morgan fingerprint density at radius 3 is 1.21 bits per heavy atom. The summed E-state index contributed by atoms with van der Waals surface area (Å²) in [6.45, 7) is 0. The first kappa shape index (κ1) is 38.0. The SMILES string of the molecule is c1ccc(-c2ccc(N(c3ccc(-c4ccccc4)cc3)c3ccc(-c4sc5cc(N(c6ccccc6)c6ccccc6)ccc5c4-c4ccccc4)c4ccccc34)cc2)cc1. The summed E-state index contributed by atoms with van der Waals surface area (Å²) in [7, 11) is 0. The molecule has 0 radical (unpaired) electrons. The zero-order valence-corrected chi connectivity index (χ0v) is 35.4. The monoisotopic (exact) mass is 822 g/mol. The topological polar surface area (TPSA) is 6.48 Å². The van der Waals surface area contributed by atoms with Crippen LogP contribution in [-0.4, -0.2) is 0 Å². The first-order chi connectivity index (χ1) is 31.3. The molecule has 10 aromatic carbocycles. The number of anilines is 6. The Bertz CT molecular complexity index is 3170. The molecule has 11 rings (SSSR count). The van der Waals surface area contributed by atoms with Gasteiger partial charge >= 0.3 is 0 Å². The van der Waals surface area contributed by atoms with Crippen LogP contribution < -0.4 is 9.80 Å². The fraction of sp³-hybridized carbons (Fsp3) is 0. The fourth-order valence-electron chi connectivity index (χ4n) is 8.88. The van der Waals surface area contributed by atoms with E-state index >= 15 is 0 Å². The van der Waals surface area contributed by atoms with E-state index in [0.717, 1.165) is 34.1 Å². The van der Waals surface area contributed by atoms with Crippen molar-refractivity contribution < 1.29 is 0 Å². The summed E-state index contributed by atoms with van der Waals surface area (Å²) in [4.78, 5) is 6.01. The maximum atomic E-state index is 2.41. The van der Waals surface area contributed by atoms with Crippen molar-refractivity contribution in [2.24, 2.45) is 0 Å². The second-order valence-electron chi connectivity index (χ2n) is 15.7. The van der Waals surface area contributed by atoms with Crippen LogP contribution in [0.5, 0.6) is 0 Å². The van der Waals surface area contributed by atoms with E-state index in [1.54, 1.807) is 0 Å². The number of rotatable bonds is 10. The Kier molecular flexibility index (Phi) is 10.1.